The maximum Gasteiger partial charge on any atom is -0.0626 e. The van der Waals surface area contributed by atoms with Gasteiger partial charge in [-0.3, -0.25) is 0 Å². The molecule has 0 aromatic rings. The van der Waals surface area contributed by atoms with Gasteiger partial charge >= 0.3 is 0 Å². The highest BCUT2D eigenvalue weighted by molar-refractivity contribution is 5.75. The number of hydrogen-bond acceptors (Lipinski definition) is 0. The largest absolute Gasteiger partial charge is 0.0776 e. The molecule has 54 valence electrons. The third kappa shape index (κ3) is 23800. The van der Waals surface area contributed by atoms with Gasteiger partial charge in [0.2, 0.25) is 0 Å². The molecule has 0 bridgehead atoms. The van der Waals surface area contributed by atoms with Gasteiger partial charge in [-0.05, 0) is 0 Å². The minimum atomic E-state index is 0. The van der Waals surface area contributed by atoms with Crippen LogP contribution in [-0.4, -0.2) is 8.41 Å². The monoisotopic (exact) mass is 109 g/mol. The second-order valence-electron chi connectivity index (χ2n) is 0. The molecule has 0 aromatic heterocycles. The number of rotatable bonds is 0. The van der Waals surface area contributed by atoms with E-state index in [1.807, 2.05) is 13.8 Å². The highest BCUT2D eigenvalue weighted by Gasteiger charge is 0.932. The Kier molecular flexibility index (Phi) is 1210000. The minimum absolute atomic E-state index is 0. The predicted molar refractivity (Wildman–Crippen MR) is 49.6 cm³/mol. The first-order chi connectivity index (χ1) is 1.00. The van der Waals surface area contributed by atoms with Crippen molar-refractivity contribution in [3.63, 3.8) is 0 Å². The highest BCUT2D eigenvalue weighted by Crippen LogP contribution is 1.14. The molecule has 0 spiro atoms. The Balaban J connectivity index is -0.000000000500. The van der Waals surface area contributed by atoms with E-state index in [0.29, 0.717) is 0 Å². The second kappa shape index (κ2) is 36900. The van der Waals surface area contributed by atoms with E-state index in [2.05, 4.69) is 0 Å². The van der Waals surface area contributed by atoms with Crippen LogP contribution in [0.3, 0.4) is 0 Å². The molecule has 0 rings (SSSR count). The van der Waals surface area contributed by atoms with E-state index < -0.39 is 0 Å². The lowest BCUT2D eigenvalue weighted by atomic mass is 10.8. The SMILES string of the molecule is C.C.C.C.CC.[BH4-]. The van der Waals surface area contributed by atoms with Gasteiger partial charge in [-0.15, -0.1) is 0 Å². The Morgan fingerprint density at radius 3 is 0.571 bits per heavy atom. The summed E-state index contributed by atoms with van der Waals surface area (Å²) in [6.45, 7) is 4.00. The fourth-order valence-electron chi connectivity index (χ4n) is 0. The van der Waals surface area contributed by atoms with Crippen molar-refractivity contribution >= 4 is 8.41 Å². The van der Waals surface area contributed by atoms with Crippen LogP contribution in [0.5, 0.6) is 0 Å². The third-order valence-electron chi connectivity index (χ3n) is 0. The van der Waals surface area contributed by atoms with Crippen LogP contribution in [0.25, 0.3) is 0 Å². The van der Waals surface area contributed by atoms with Crippen LogP contribution >= 0.6 is 0 Å². The summed E-state index contributed by atoms with van der Waals surface area (Å²) in [4.78, 5) is 0. The Bertz CT molecular complexity index is 4.14. The first kappa shape index (κ1) is 229. The Morgan fingerprint density at radius 2 is 0.571 bits per heavy atom. The van der Waals surface area contributed by atoms with Gasteiger partial charge in [-0.25, -0.2) is 0 Å². The Morgan fingerprint density at radius 1 is 0.571 bits per heavy atom. The van der Waals surface area contributed by atoms with Crippen LogP contribution in [0.2, 0.25) is 0 Å². The van der Waals surface area contributed by atoms with E-state index in [1.165, 1.54) is 0 Å². The predicted octanol–water partition coefficient (Wildman–Crippen LogP) is 2.12. The van der Waals surface area contributed by atoms with Gasteiger partial charge < -0.3 is 0 Å². The first-order valence-corrected chi connectivity index (χ1v) is 1.00. The second-order valence-corrected chi connectivity index (χ2v) is 0. The van der Waals surface area contributed by atoms with E-state index in [-0.39, 0.29) is 38.1 Å². The summed E-state index contributed by atoms with van der Waals surface area (Å²) in [7, 11) is 0. The van der Waals surface area contributed by atoms with Crippen molar-refractivity contribution in [1.29, 1.82) is 0 Å². The van der Waals surface area contributed by atoms with E-state index >= 15 is 0 Å². The normalized spacial score (nSPS) is 0.857. The molecule has 0 nitrogen and oxygen atoms in total. The van der Waals surface area contributed by atoms with Crippen LogP contribution in [0, 0.1) is 0 Å². The molecule has 0 aromatic carbocycles. The molecule has 0 amide bonds. The van der Waals surface area contributed by atoms with Crippen LogP contribution in [0.1, 0.15) is 43.6 Å². The maximum absolute atomic E-state index is 2.00. The number of hydrogen-bond donors (Lipinski definition) is 0. The molecule has 7 heavy (non-hydrogen) atoms. The zero-order chi connectivity index (χ0) is 2.00. The van der Waals surface area contributed by atoms with E-state index in [9.17, 15) is 0 Å². The lowest BCUT2D eigenvalue weighted by Crippen LogP contribution is -0.856. The molecule has 0 saturated heterocycles. The molecule has 0 saturated carbocycles. The average molecular weight is 109 g/mol. The molecule has 0 N–H and O–H groups in total. The van der Waals surface area contributed by atoms with Gasteiger partial charge in [0.1, 0.15) is 0 Å². The lowest BCUT2D eigenvalue weighted by Gasteiger charge is -1.07. The van der Waals surface area contributed by atoms with E-state index in [0.717, 1.165) is 0 Å². The van der Waals surface area contributed by atoms with Crippen LogP contribution in [-0.2, 0) is 0 Å². The summed E-state index contributed by atoms with van der Waals surface area (Å²) in [6.07, 6.45) is 0. The van der Waals surface area contributed by atoms with Crippen LogP contribution in [0.4, 0.5) is 0 Å². The van der Waals surface area contributed by atoms with Crippen molar-refractivity contribution in [2.45, 2.75) is 43.6 Å². The van der Waals surface area contributed by atoms with E-state index in [1.54, 1.807) is 0 Å². The van der Waals surface area contributed by atoms with Gasteiger partial charge in [0, 0.05) is 0 Å². The van der Waals surface area contributed by atoms with Crippen molar-refractivity contribution < 1.29 is 0 Å². The fourth-order valence-corrected chi connectivity index (χ4v) is 0. The maximum atomic E-state index is 2.00. The Hall–Kier alpha value is 0.0649. The third-order valence-corrected chi connectivity index (χ3v) is 0. The summed E-state index contributed by atoms with van der Waals surface area (Å²) in [6, 6.07) is 0. The molecule has 0 unspecified atom stereocenters. The first-order valence-electron chi connectivity index (χ1n) is 1.00. The smallest absolute Gasteiger partial charge is 0.0626 e. The molecule has 0 radical (unpaired) electrons. The molecule has 0 fully saturated rings. The molecule has 0 aliphatic carbocycles. The van der Waals surface area contributed by atoms with Gasteiger partial charge in [0.25, 0.3) is 0 Å². The van der Waals surface area contributed by atoms with Gasteiger partial charge in [-0.2, -0.15) is 0 Å². The van der Waals surface area contributed by atoms with Crippen molar-refractivity contribution in [1.82, 2.24) is 0 Å². The van der Waals surface area contributed by atoms with E-state index in [4.69, 9.17) is 0 Å². The van der Waals surface area contributed by atoms with Gasteiger partial charge in [0.05, 0.1) is 0 Å². The molecule has 0 heterocycles. The Labute approximate surface area is 52.9 Å². The highest BCUT2D eigenvalue weighted by atomic mass is 13.0. The molecule has 1 heteroatoms. The standard InChI is InChI=1S/C2H6.4CH4.BH4/c1-2;;;;;/h1-2H3;5*1H4/q;;;;;-1. The average Bonchev–Trinajstić information content (AvgIpc) is 1.00. The van der Waals surface area contributed by atoms with Crippen LogP contribution < -0.4 is 0 Å². The van der Waals surface area contributed by atoms with Crippen molar-refractivity contribution in [2.75, 3.05) is 0 Å². The topological polar surface area (TPSA) is 0 Å². The summed E-state index contributed by atoms with van der Waals surface area (Å²) >= 11 is 0. The van der Waals surface area contributed by atoms with Gasteiger partial charge in [-0.1, -0.05) is 52.0 Å². The van der Waals surface area contributed by atoms with Crippen molar-refractivity contribution in [3.05, 3.63) is 0 Å². The molecule has 0 aliphatic heterocycles. The minimum Gasteiger partial charge on any atom is -0.0776 e. The molecule has 0 aliphatic rings. The van der Waals surface area contributed by atoms with Crippen molar-refractivity contribution in [3.8, 4) is 0 Å². The lowest BCUT2D eigenvalue weighted by molar-refractivity contribution is 1.50. The van der Waals surface area contributed by atoms with Gasteiger partial charge in [0.15, 0.2) is 0 Å². The summed E-state index contributed by atoms with van der Waals surface area (Å²) in [5, 5.41) is 0. The quantitative estimate of drug-likeness (QED) is 0.418. The summed E-state index contributed by atoms with van der Waals surface area (Å²) in [5.41, 5.74) is 0. The van der Waals surface area contributed by atoms with Crippen LogP contribution in [0.15, 0.2) is 0 Å². The summed E-state index contributed by atoms with van der Waals surface area (Å²) < 4.78 is 0. The molecular weight excluding hydrogens is 82.9 g/mol. The zero-order valence-corrected chi connectivity index (χ0v) is 2.00. The van der Waals surface area contributed by atoms with Crippen molar-refractivity contribution in [2.24, 2.45) is 0 Å². The molecule has 0 atom stereocenters. The fraction of sp³-hybridized carbons (Fsp3) is 1.00. The summed E-state index contributed by atoms with van der Waals surface area (Å²) in [5.74, 6) is 0. The molecular formula is C6H26B-. The zero-order valence-electron chi connectivity index (χ0n) is 2.00.